The molecular formula is C12H12F5NO2. The maximum atomic E-state index is 12.3. The van der Waals surface area contributed by atoms with Crippen molar-refractivity contribution in [1.82, 2.24) is 5.32 Å². The lowest BCUT2D eigenvalue weighted by atomic mass is 10.1. The first-order valence-corrected chi connectivity index (χ1v) is 5.56. The predicted octanol–water partition coefficient (Wildman–Crippen LogP) is 2.82. The number of ether oxygens (including phenoxy) is 1. The van der Waals surface area contributed by atoms with Crippen molar-refractivity contribution >= 4 is 5.91 Å². The van der Waals surface area contributed by atoms with Gasteiger partial charge in [-0.05, 0) is 5.56 Å². The SMILES string of the molecule is O=C(COCC(F)(F)F)NCc1ccc(C(F)F)cc1. The minimum absolute atomic E-state index is 0.0255. The second-order valence-electron chi connectivity index (χ2n) is 3.93. The van der Waals surface area contributed by atoms with Crippen molar-refractivity contribution in [3.63, 3.8) is 0 Å². The number of hydrogen-bond donors (Lipinski definition) is 1. The van der Waals surface area contributed by atoms with Crippen molar-refractivity contribution in [3.8, 4) is 0 Å². The van der Waals surface area contributed by atoms with Gasteiger partial charge < -0.3 is 10.1 Å². The van der Waals surface area contributed by atoms with Crippen molar-refractivity contribution in [2.24, 2.45) is 0 Å². The molecule has 1 N–H and O–H groups in total. The van der Waals surface area contributed by atoms with Gasteiger partial charge in [0.1, 0.15) is 13.2 Å². The van der Waals surface area contributed by atoms with Gasteiger partial charge in [-0.3, -0.25) is 4.79 Å². The van der Waals surface area contributed by atoms with Crippen LogP contribution in [0.4, 0.5) is 22.0 Å². The summed E-state index contributed by atoms with van der Waals surface area (Å²) < 4.78 is 63.9. The summed E-state index contributed by atoms with van der Waals surface area (Å²) in [5.74, 6) is -0.716. The third kappa shape index (κ3) is 6.46. The predicted molar refractivity (Wildman–Crippen MR) is 60.1 cm³/mol. The van der Waals surface area contributed by atoms with E-state index in [9.17, 15) is 26.7 Å². The van der Waals surface area contributed by atoms with Crippen molar-refractivity contribution < 1.29 is 31.5 Å². The van der Waals surface area contributed by atoms with E-state index in [1.54, 1.807) is 0 Å². The van der Waals surface area contributed by atoms with Crippen LogP contribution in [0.25, 0.3) is 0 Å². The molecule has 0 aliphatic carbocycles. The Balaban J connectivity index is 2.30. The zero-order valence-corrected chi connectivity index (χ0v) is 10.2. The van der Waals surface area contributed by atoms with Crippen molar-refractivity contribution in [2.45, 2.75) is 19.1 Å². The molecule has 0 saturated heterocycles. The van der Waals surface area contributed by atoms with Gasteiger partial charge in [0.05, 0.1) is 0 Å². The van der Waals surface area contributed by atoms with E-state index in [2.05, 4.69) is 10.1 Å². The lowest BCUT2D eigenvalue weighted by Gasteiger charge is -2.08. The van der Waals surface area contributed by atoms with E-state index in [4.69, 9.17) is 0 Å². The first-order chi connectivity index (χ1) is 9.28. The maximum Gasteiger partial charge on any atom is 0.411 e. The highest BCUT2D eigenvalue weighted by Crippen LogP contribution is 2.18. The normalized spacial score (nSPS) is 11.7. The average Bonchev–Trinajstić information content (AvgIpc) is 2.35. The molecule has 0 bridgehead atoms. The summed E-state index contributed by atoms with van der Waals surface area (Å²) in [5.41, 5.74) is 0.409. The van der Waals surface area contributed by atoms with Crippen LogP contribution in [0.2, 0.25) is 0 Å². The minimum atomic E-state index is -4.48. The molecule has 1 aromatic rings. The second-order valence-corrected chi connectivity index (χ2v) is 3.93. The molecule has 0 radical (unpaired) electrons. The quantitative estimate of drug-likeness (QED) is 0.820. The van der Waals surface area contributed by atoms with E-state index < -0.39 is 31.7 Å². The molecular weight excluding hydrogens is 285 g/mol. The number of carbonyl (C=O) groups excluding carboxylic acids is 1. The molecule has 3 nitrogen and oxygen atoms in total. The highest BCUT2D eigenvalue weighted by atomic mass is 19.4. The maximum absolute atomic E-state index is 12.3. The molecule has 112 valence electrons. The smallest absolute Gasteiger partial charge is 0.362 e. The van der Waals surface area contributed by atoms with Crippen LogP contribution in [0.15, 0.2) is 24.3 Å². The Morgan fingerprint density at radius 3 is 2.30 bits per heavy atom. The highest BCUT2D eigenvalue weighted by Gasteiger charge is 2.27. The minimum Gasteiger partial charge on any atom is -0.362 e. The molecule has 1 amide bonds. The van der Waals surface area contributed by atoms with Crippen LogP contribution in [0.3, 0.4) is 0 Å². The van der Waals surface area contributed by atoms with Gasteiger partial charge in [0.15, 0.2) is 0 Å². The van der Waals surface area contributed by atoms with Crippen LogP contribution < -0.4 is 5.32 Å². The number of benzene rings is 1. The lowest BCUT2D eigenvalue weighted by Crippen LogP contribution is -2.29. The molecule has 1 aromatic carbocycles. The number of rotatable bonds is 6. The van der Waals surface area contributed by atoms with Gasteiger partial charge in [-0.1, -0.05) is 24.3 Å². The summed E-state index contributed by atoms with van der Waals surface area (Å²) >= 11 is 0. The topological polar surface area (TPSA) is 38.3 Å². The molecule has 8 heteroatoms. The largest absolute Gasteiger partial charge is 0.411 e. The molecule has 0 unspecified atom stereocenters. The first-order valence-electron chi connectivity index (χ1n) is 5.56. The zero-order chi connectivity index (χ0) is 15.2. The van der Waals surface area contributed by atoms with Gasteiger partial charge in [-0.25, -0.2) is 8.78 Å². The number of halogens is 5. The van der Waals surface area contributed by atoms with E-state index in [1.165, 1.54) is 24.3 Å². The zero-order valence-electron chi connectivity index (χ0n) is 10.2. The van der Waals surface area contributed by atoms with Crippen molar-refractivity contribution in [3.05, 3.63) is 35.4 Å². The average molecular weight is 297 g/mol. The van der Waals surface area contributed by atoms with Crippen LogP contribution in [0.5, 0.6) is 0 Å². The van der Waals surface area contributed by atoms with Crippen LogP contribution in [-0.4, -0.2) is 25.3 Å². The molecule has 0 aromatic heterocycles. The van der Waals surface area contributed by atoms with Crippen LogP contribution >= 0.6 is 0 Å². The molecule has 20 heavy (non-hydrogen) atoms. The summed E-state index contributed by atoms with van der Waals surface area (Å²) in [6, 6.07) is 5.23. The molecule has 0 atom stereocenters. The van der Waals surface area contributed by atoms with Gasteiger partial charge in [0.2, 0.25) is 5.91 Å². The Bertz CT molecular complexity index is 430. The van der Waals surface area contributed by atoms with E-state index >= 15 is 0 Å². The van der Waals surface area contributed by atoms with Crippen molar-refractivity contribution in [1.29, 1.82) is 0 Å². The highest BCUT2D eigenvalue weighted by molar-refractivity contribution is 5.77. The number of hydrogen-bond acceptors (Lipinski definition) is 2. The number of alkyl halides is 5. The van der Waals surface area contributed by atoms with Gasteiger partial charge >= 0.3 is 6.18 Å². The first kappa shape index (κ1) is 16.4. The van der Waals surface area contributed by atoms with E-state index in [1.807, 2.05) is 0 Å². The molecule has 0 aliphatic rings. The molecule has 1 rings (SSSR count). The number of amides is 1. The number of carbonyl (C=O) groups is 1. The summed E-state index contributed by atoms with van der Waals surface area (Å²) in [5, 5.41) is 2.32. The van der Waals surface area contributed by atoms with Gasteiger partial charge in [-0.2, -0.15) is 13.2 Å². The van der Waals surface area contributed by atoms with E-state index in [-0.39, 0.29) is 12.1 Å². The molecule has 0 spiro atoms. The molecule has 0 heterocycles. The van der Waals surface area contributed by atoms with Crippen molar-refractivity contribution in [2.75, 3.05) is 13.2 Å². The summed E-state index contributed by atoms with van der Waals surface area (Å²) in [6.07, 6.45) is -7.06. The van der Waals surface area contributed by atoms with Crippen LogP contribution in [-0.2, 0) is 16.1 Å². The van der Waals surface area contributed by atoms with Gasteiger partial charge in [0, 0.05) is 12.1 Å². The summed E-state index contributed by atoms with van der Waals surface area (Å²) in [6.45, 7) is -2.18. The molecule has 0 saturated carbocycles. The standard InChI is InChI=1S/C12H12F5NO2/c13-11(14)9-3-1-8(2-4-9)5-18-10(19)6-20-7-12(15,16)17/h1-4,11H,5-7H2,(H,18,19). The molecule has 0 aliphatic heterocycles. The van der Waals surface area contributed by atoms with E-state index in [0.29, 0.717) is 5.56 Å². The summed E-state index contributed by atoms with van der Waals surface area (Å²) in [4.78, 5) is 11.2. The van der Waals surface area contributed by atoms with E-state index in [0.717, 1.165) is 0 Å². The Morgan fingerprint density at radius 2 is 1.80 bits per heavy atom. The van der Waals surface area contributed by atoms with Crippen LogP contribution in [0.1, 0.15) is 17.6 Å². The Morgan fingerprint density at radius 1 is 1.20 bits per heavy atom. The second kappa shape index (κ2) is 7.18. The third-order valence-corrected chi connectivity index (χ3v) is 2.22. The Kier molecular flexibility index (Phi) is 5.87. The third-order valence-electron chi connectivity index (χ3n) is 2.22. The fourth-order valence-electron chi connectivity index (χ4n) is 1.29. The van der Waals surface area contributed by atoms with Crippen LogP contribution in [0, 0.1) is 0 Å². The number of nitrogens with one attached hydrogen (secondary N) is 1. The lowest BCUT2D eigenvalue weighted by molar-refractivity contribution is -0.175. The molecule has 0 fully saturated rings. The van der Waals surface area contributed by atoms with Gasteiger partial charge in [-0.15, -0.1) is 0 Å². The Labute approximate surface area is 111 Å². The summed E-state index contributed by atoms with van der Waals surface area (Å²) in [7, 11) is 0. The van der Waals surface area contributed by atoms with Gasteiger partial charge in [0.25, 0.3) is 6.43 Å². The fraction of sp³-hybridized carbons (Fsp3) is 0.417. The Hall–Kier alpha value is -1.70. The monoisotopic (exact) mass is 297 g/mol. The fourth-order valence-corrected chi connectivity index (χ4v) is 1.29.